The minimum atomic E-state index is -0.250. The summed E-state index contributed by atoms with van der Waals surface area (Å²) in [6.45, 7) is 2.20. The van der Waals surface area contributed by atoms with E-state index in [2.05, 4.69) is 0 Å². The highest BCUT2D eigenvalue weighted by Crippen LogP contribution is 2.31. The molecular weight excluding hydrogens is 514 g/mol. The smallest absolute Gasteiger partial charge is 0.265 e. The summed E-state index contributed by atoms with van der Waals surface area (Å²) >= 11 is 0. The van der Waals surface area contributed by atoms with Crippen molar-refractivity contribution in [3.63, 3.8) is 0 Å². The van der Waals surface area contributed by atoms with E-state index >= 15 is 0 Å². The van der Waals surface area contributed by atoms with Crippen LogP contribution in [-0.2, 0) is 11.3 Å². The molecule has 0 atom stereocenters. The van der Waals surface area contributed by atoms with E-state index in [-0.39, 0.29) is 30.4 Å². The number of aromatic nitrogens is 2. The summed E-state index contributed by atoms with van der Waals surface area (Å²) in [5, 5.41) is 0.570. The number of nitrogens with zero attached hydrogens (tertiary/aromatic N) is 3. The van der Waals surface area contributed by atoms with Gasteiger partial charge in [0, 0.05) is 17.7 Å². The van der Waals surface area contributed by atoms with Crippen molar-refractivity contribution in [3.8, 4) is 17.1 Å². The van der Waals surface area contributed by atoms with Gasteiger partial charge in [0.25, 0.3) is 11.5 Å². The standard InChI is InChI=1S/C34H27N3O4/c1-23-12-16-26(17-13-23)33-35-28-9-3-2-8-27(28)34(40)36(33)20-6-7-24-14-18-25(19-15-24)30(38)21-37-29-10-4-5-11-31(29)41-22-32(37)39/h2-19H,20-22H2,1H3/b7-6+. The summed E-state index contributed by atoms with van der Waals surface area (Å²) in [6, 6.07) is 29.7. The second kappa shape index (κ2) is 11.1. The van der Waals surface area contributed by atoms with Gasteiger partial charge in [-0.25, -0.2) is 4.98 Å². The molecule has 0 spiro atoms. The number of rotatable bonds is 7. The molecular formula is C34H27N3O4. The average molecular weight is 542 g/mol. The Balaban J connectivity index is 1.21. The summed E-state index contributed by atoms with van der Waals surface area (Å²) in [5.41, 5.74) is 4.55. The number of carbonyl (C=O) groups excluding carboxylic acids is 2. The summed E-state index contributed by atoms with van der Waals surface area (Å²) in [4.78, 5) is 45.2. The van der Waals surface area contributed by atoms with E-state index in [4.69, 9.17) is 9.72 Å². The number of hydrogen-bond donors (Lipinski definition) is 0. The van der Waals surface area contributed by atoms with Crippen LogP contribution in [0.1, 0.15) is 21.5 Å². The van der Waals surface area contributed by atoms with E-state index in [0.29, 0.717) is 40.3 Å². The maximum atomic E-state index is 13.4. The third-order valence-corrected chi connectivity index (χ3v) is 7.11. The normalized spacial score (nSPS) is 12.9. The first kappa shape index (κ1) is 26.0. The molecule has 0 bridgehead atoms. The monoisotopic (exact) mass is 541 g/mol. The number of ketones is 1. The van der Waals surface area contributed by atoms with Crippen molar-refractivity contribution >= 4 is 34.4 Å². The molecule has 0 N–H and O–H groups in total. The molecule has 5 aromatic rings. The fourth-order valence-corrected chi connectivity index (χ4v) is 4.90. The van der Waals surface area contributed by atoms with Crippen molar-refractivity contribution < 1.29 is 14.3 Å². The Hall–Kier alpha value is -5.30. The number of carbonyl (C=O) groups is 2. The number of amides is 1. The first-order valence-electron chi connectivity index (χ1n) is 13.4. The lowest BCUT2D eigenvalue weighted by molar-refractivity contribution is -0.121. The van der Waals surface area contributed by atoms with E-state index in [1.807, 2.05) is 85.8 Å². The van der Waals surface area contributed by atoms with Crippen LogP contribution in [0.2, 0.25) is 0 Å². The molecule has 0 radical (unpaired) electrons. The number of Topliss-reactive ketones (excluding diaryl/α,β-unsaturated/α-hetero) is 1. The second-order valence-corrected chi connectivity index (χ2v) is 9.92. The topological polar surface area (TPSA) is 81.5 Å². The number of para-hydroxylation sites is 3. The van der Waals surface area contributed by atoms with Crippen LogP contribution in [0.4, 0.5) is 5.69 Å². The highest BCUT2D eigenvalue weighted by molar-refractivity contribution is 6.07. The van der Waals surface area contributed by atoms with Crippen LogP contribution in [0.25, 0.3) is 28.4 Å². The van der Waals surface area contributed by atoms with E-state index in [0.717, 1.165) is 16.7 Å². The van der Waals surface area contributed by atoms with Gasteiger partial charge in [0.2, 0.25) is 0 Å². The molecule has 1 aliphatic rings. The Bertz CT molecular complexity index is 1850. The van der Waals surface area contributed by atoms with Gasteiger partial charge in [0.1, 0.15) is 11.6 Å². The van der Waals surface area contributed by atoms with Gasteiger partial charge in [-0.1, -0.05) is 90.5 Å². The molecule has 0 unspecified atom stereocenters. The Morgan fingerprint density at radius 1 is 0.902 bits per heavy atom. The molecule has 1 amide bonds. The van der Waals surface area contributed by atoms with Crippen LogP contribution in [0.3, 0.4) is 0 Å². The molecule has 0 fully saturated rings. The van der Waals surface area contributed by atoms with Crippen molar-refractivity contribution in [2.24, 2.45) is 0 Å². The van der Waals surface area contributed by atoms with Gasteiger partial charge in [-0.15, -0.1) is 0 Å². The predicted octanol–water partition coefficient (Wildman–Crippen LogP) is 5.69. The Morgan fingerprint density at radius 2 is 1.63 bits per heavy atom. The Labute approximate surface area is 237 Å². The van der Waals surface area contributed by atoms with Crippen LogP contribution in [0, 0.1) is 6.92 Å². The maximum Gasteiger partial charge on any atom is 0.265 e. The number of anilines is 1. The zero-order chi connectivity index (χ0) is 28.3. The molecule has 1 aromatic heterocycles. The van der Waals surface area contributed by atoms with Gasteiger partial charge in [0.05, 0.1) is 23.1 Å². The molecule has 1 aliphatic heterocycles. The predicted molar refractivity (Wildman–Crippen MR) is 160 cm³/mol. The van der Waals surface area contributed by atoms with Crippen molar-refractivity contribution in [1.29, 1.82) is 0 Å². The second-order valence-electron chi connectivity index (χ2n) is 9.92. The average Bonchev–Trinajstić information content (AvgIpc) is 3.00. The number of benzene rings is 4. The zero-order valence-electron chi connectivity index (χ0n) is 22.5. The van der Waals surface area contributed by atoms with Gasteiger partial charge in [-0.05, 0) is 36.8 Å². The third kappa shape index (κ3) is 5.30. The fraction of sp³-hybridized carbons (Fsp3) is 0.118. The highest BCUT2D eigenvalue weighted by atomic mass is 16.5. The zero-order valence-corrected chi connectivity index (χ0v) is 22.5. The molecule has 41 heavy (non-hydrogen) atoms. The maximum absolute atomic E-state index is 13.4. The van der Waals surface area contributed by atoms with E-state index < -0.39 is 0 Å². The molecule has 7 heteroatoms. The van der Waals surface area contributed by atoms with Crippen molar-refractivity contribution in [3.05, 3.63) is 130 Å². The minimum absolute atomic E-state index is 0.0614. The summed E-state index contributed by atoms with van der Waals surface area (Å²) in [6.07, 6.45) is 3.83. The molecule has 2 heterocycles. The van der Waals surface area contributed by atoms with E-state index in [9.17, 15) is 14.4 Å². The number of fused-ring (bicyclic) bond motifs is 2. The molecule has 4 aromatic carbocycles. The lowest BCUT2D eigenvalue weighted by atomic mass is 10.1. The van der Waals surface area contributed by atoms with Crippen molar-refractivity contribution in [2.75, 3.05) is 18.1 Å². The van der Waals surface area contributed by atoms with Gasteiger partial charge in [-0.3, -0.25) is 23.9 Å². The summed E-state index contributed by atoms with van der Waals surface area (Å²) in [7, 11) is 0. The van der Waals surface area contributed by atoms with Crippen LogP contribution in [0.15, 0.2) is 108 Å². The number of allylic oxidation sites excluding steroid dienone is 1. The molecule has 202 valence electrons. The molecule has 0 saturated carbocycles. The highest BCUT2D eigenvalue weighted by Gasteiger charge is 2.27. The molecule has 7 nitrogen and oxygen atoms in total. The van der Waals surface area contributed by atoms with E-state index in [1.165, 1.54) is 4.90 Å². The van der Waals surface area contributed by atoms with Gasteiger partial charge in [0.15, 0.2) is 12.4 Å². The molecule has 0 aliphatic carbocycles. The number of aryl methyl sites for hydroxylation is 1. The van der Waals surface area contributed by atoms with E-state index in [1.54, 1.807) is 34.9 Å². The SMILES string of the molecule is Cc1ccc(-c2nc3ccccc3c(=O)n2C/C=C/c2ccc(C(=O)CN3C(=O)COc4ccccc43)cc2)cc1. The van der Waals surface area contributed by atoms with Crippen LogP contribution < -0.4 is 15.2 Å². The quantitative estimate of drug-likeness (QED) is 0.247. The van der Waals surface area contributed by atoms with Crippen LogP contribution >= 0.6 is 0 Å². The van der Waals surface area contributed by atoms with Crippen LogP contribution in [0.5, 0.6) is 5.75 Å². The lowest BCUT2D eigenvalue weighted by Gasteiger charge is -2.28. The summed E-state index contributed by atoms with van der Waals surface area (Å²) in [5.74, 6) is 0.785. The molecule has 0 saturated heterocycles. The van der Waals surface area contributed by atoms with Crippen LogP contribution in [-0.4, -0.2) is 34.4 Å². The third-order valence-electron chi connectivity index (χ3n) is 7.11. The largest absolute Gasteiger partial charge is 0.482 e. The fourth-order valence-electron chi connectivity index (χ4n) is 4.90. The van der Waals surface area contributed by atoms with Crippen molar-refractivity contribution in [2.45, 2.75) is 13.5 Å². The lowest BCUT2D eigenvalue weighted by Crippen LogP contribution is -2.41. The Kier molecular flexibility index (Phi) is 7.00. The first-order valence-corrected chi connectivity index (χ1v) is 13.4. The van der Waals surface area contributed by atoms with Gasteiger partial charge in [-0.2, -0.15) is 0 Å². The van der Waals surface area contributed by atoms with Gasteiger partial charge >= 0.3 is 0 Å². The first-order chi connectivity index (χ1) is 20.0. The number of hydrogen-bond acceptors (Lipinski definition) is 5. The summed E-state index contributed by atoms with van der Waals surface area (Å²) < 4.78 is 7.15. The van der Waals surface area contributed by atoms with Crippen molar-refractivity contribution in [1.82, 2.24) is 9.55 Å². The van der Waals surface area contributed by atoms with Gasteiger partial charge < -0.3 is 4.74 Å². The number of ether oxygens (including phenoxy) is 1. The Morgan fingerprint density at radius 3 is 2.44 bits per heavy atom. The molecule has 6 rings (SSSR count). The minimum Gasteiger partial charge on any atom is -0.482 e.